The summed E-state index contributed by atoms with van der Waals surface area (Å²) in [6.45, 7) is 5.98. The highest BCUT2D eigenvalue weighted by atomic mass is 16.5. The van der Waals surface area contributed by atoms with E-state index in [0.717, 1.165) is 11.6 Å². The summed E-state index contributed by atoms with van der Waals surface area (Å²) in [5, 5.41) is 0. The molecular formula is C12H23NO. The lowest BCUT2D eigenvalue weighted by molar-refractivity contribution is 0.0539. The maximum absolute atomic E-state index is 5.69. The Bertz CT molecular complexity index is 183. The minimum atomic E-state index is 0.471. The van der Waals surface area contributed by atoms with Gasteiger partial charge in [-0.25, -0.2) is 0 Å². The summed E-state index contributed by atoms with van der Waals surface area (Å²) in [7, 11) is 1.81. The predicted octanol–water partition coefficient (Wildman–Crippen LogP) is 2.69. The van der Waals surface area contributed by atoms with E-state index in [0.29, 0.717) is 12.0 Å². The van der Waals surface area contributed by atoms with Gasteiger partial charge in [-0.3, -0.25) is 0 Å². The molecule has 0 aromatic carbocycles. The zero-order valence-electron chi connectivity index (χ0n) is 9.46. The van der Waals surface area contributed by atoms with E-state index >= 15 is 0 Å². The van der Waals surface area contributed by atoms with Crippen molar-refractivity contribution in [3.05, 3.63) is 12.3 Å². The number of ether oxygens (including phenoxy) is 1. The lowest BCUT2D eigenvalue weighted by atomic mass is 9.81. The third-order valence-electron chi connectivity index (χ3n) is 3.45. The second kappa shape index (κ2) is 5.40. The van der Waals surface area contributed by atoms with Crippen molar-refractivity contribution in [3.63, 3.8) is 0 Å². The van der Waals surface area contributed by atoms with E-state index in [1.807, 2.05) is 7.11 Å². The van der Waals surface area contributed by atoms with Crippen LogP contribution in [-0.4, -0.2) is 13.2 Å². The largest absolute Gasteiger partial charge is 0.402 e. The van der Waals surface area contributed by atoms with Crippen LogP contribution in [0.1, 0.15) is 39.0 Å². The summed E-state index contributed by atoms with van der Waals surface area (Å²) in [6.07, 6.45) is 6.70. The van der Waals surface area contributed by atoms with Gasteiger partial charge in [-0.05, 0) is 43.9 Å². The fraction of sp³-hybridized carbons (Fsp3) is 0.833. The minimum absolute atomic E-state index is 0.471. The molecule has 2 N–H and O–H groups in total. The number of methoxy groups -OCH3 is 1. The van der Waals surface area contributed by atoms with Gasteiger partial charge >= 0.3 is 0 Å². The van der Waals surface area contributed by atoms with Crippen LogP contribution in [-0.2, 0) is 4.74 Å². The summed E-state index contributed by atoms with van der Waals surface area (Å²) < 4.78 is 5.35. The van der Waals surface area contributed by atoms with Gasteiger partial charge in [0.25, 0.3) is 0 Å². The van der Waals surface area contributed by atoms with Gasteiger partial charge in [0, 0.05) is 12.8 Å². The van der Waals surface area contributed by atoms with Crippen molar-refractivity contribution in [1.29, 1.82) is 0 Å². The van der Waals surface area contributed by atoms with Crippen LogP contribution >= 0.6 is 0 Å². The Morgan fingerprint density at radius 3 is 2.43 bits per heavy atom. The first-order chi connectivity index (χ1) is 6.63. The summed E-state index contributed by atoms with van der Waals surface area (Å²) in [5.74, 6) is 1.30. The van der Waals surface area contributed by atoms with Gasteiger partial charge in [0.15, 0.2) is 0 Å². The normalized spacial score (nSPS) is 29.9. The van der Waals surface area contributed by atoms with Crippen LogP contribution in [0.25, 0.3) is 0 Å². The second-order valence-electron chi connectivity index (χ2n) is 4.59. The molecule has 0 aromatic heterocycles. The molecule has 1 saturated carbocycles. The monoisotopic (exact) mass is 197 g/mol. The molecule has 0 unspecified atom stereocenters. The fourth-order valence-corrected chi connectivity index (χ4v) is 2.25. The quantitative estimate of drug-likeness (QED) is 0.752. The molecule has 0 heterocycles. The van der Waals surface area contributed by atoms with E-state index < -0.39 is 0 Å². The SMILES string of the molecule is C=C(N)[C@@H](C)CC1CCC(OC)CC1. The molecule has 14 heavy (non-hydrogen) atoms. The Morgan fingerprint density at radius 1 is 1.43 bits per heavy atom. The number of allylic oxidation sites excluding steroid dienone is 1. The molecule has 0 aliphatic heterocycles. The number of hydrogen-bond donors (Lipinski definition) is 1. The fourth-order valence-electron chi connectivity index (χ4n) is 2.25. The van der Waals surface area contributed by atoms with Crippen LogP contribution in [0, 0.1) is 11.8 Å². The van der Waals surface area contributed by atoms with Gasteiger partial charge in [0.05, 0.1) is 6.10 Å². The van der Waals surface area contributed by atoms with E-state index in [1.54, 1.807) is 0 Å². The molecule has 0 spiro atoms. The molecule has 2 nitrogen and oxygen atoms in total. The Hall–Kier alpha value is -0.500. The molecule has 1 rings (SSSR count). The standard InChI is InChI=1S/C12H23NO/c1-9(10(2)13)8-11-4-6-12(14-3)7-5-11/h9,11-12H,2,4-8,13H2,1,3H3/t9-,11?,12?/m0/s1. The Balaban J connectivity index is 2.25. The highest BCUT2D eigenvalue weighted by molar-refractivity contribution is 4.93. The van der Waals surface area contributed by atoms with Gasteiger partial charge in [-0.1, -0.05) is 13.5 Å². The summed E-state index contributed by atoms with van der Waals surface area (Å²) >= 11 is 0. The molecule has 1 fully saturated rings. The van der Waals surface area contributed by atoms with E-state index in [2.05, 4.69) is 13.5 Å². The van der Waals surface area contributed by atoms with Crippen molar-refractivity contribution in [2.75, 3.05) is 7.11 Å². The zero-order valence-corrected chi connectivity index (χ0v) is 9.46. The topological polar surface area (TPSA) is 35.2 Å². The van der Waals surface area contributed by atoms with E-state index in [9.17, 15) is 0 Å². The Kier molecular flexibility index (Phi) is 4.46. The molecule has 0 saturated heterocycles. The van der Waals surface area contributed by atoms with Crippen molar-refractivity contribution < 1.29 is 4.74 Å². The lowest BCUT2D eigenvalue weighted by Gasteiger charge is -2.29. The van der Waals surface area contributed by atoms with Crippen LogP contribution in [0.5, 0.6) is 0 Å². The molecule has 1 aliphatic rings. The predicted molar refractivity (Wildman–Crippen MR) is 59.9 cm³/mol. The lowest BCUT2D eigenvalue weighted by Crippen LogP contribution is -2.22. The van der Waals surface area contributed by atoms with Crippen molar-refractivity contribution in [2.45, 2.75) is 45.1 Å². The highest BCUT2D eigenvalue weighted by Gasteiger charge is 2.22. The smallest absolute Gasteiger partial charge is 0.0571 e. The number of hydrogen-bond acceptors (Lipinski definition) is 2. The van der Waals surface area contributed by atoms with Crippen molar-refractivity contribution in [1.82, 2.24) is 0 Å². The Morgan fingerprint density at radius 2 is 2.00 bits per heavy atom. The van der Waals surface area contributed by atoms with Crippen molar-refractivity contribution in [3.8, 4) is 0 Å². The van der Waals surface area contributed by atoms with Crippen molar-refractivity contribution >= 4 is 0 Å². The van der Waals surface area contributed by atoms with Gasteiger partial charge < -0.3 is 10.5 Å². The average Bonchev–Trinajstić information content (AvgIpc) is 2.19. The van der Waals surface area contributed by atoms with Crippen LogP contribution in [0.3, 0.4) is 0 Å². The maximum atomic E-state index is 5.69. The summed E-state index contributed by atoms with van der Waals surface area (Å²) in [5.41, 5.74) is 6.52. The molecule has 1 aliphatic carbocycles. The first kappa shape index (κ1) is 11.6. The van der Waals surface area contributed by atoms with Crippen LogP contribution < -0.4 is 5.73 Å². The second-order valence-corrected chi connectivity index (χ2v) is 4.59. The summed E-state index contributed by atoms with van der Waals surface area (Å²) in [4.78, 5) is 0. The van der Waals surface area contributed by atoms with E-state index in [-0.39, 0.29) is 0 Å². The number of rotatable bonds is 4. The van der Waals surface area contributed by atoms with E-state index in [1.165, 1.54) is 32.1 Å². The third-order valence-corrected chi connectivity index (χ3v) is 3.45. The van der Waals surface area contributed by atoms with Gasteiger partial charge in [0.1, 0.15) is 0 Å². The first-order valence-corrected chi connectivity index (χ1v) is 5.60. The van der Waals surface area contributed by atoms with E-state index in [4.69, 9.17) is 10.5 Å². The average molecular weight is 197 g/mol. The maximum Gasteiger partial charge on any atom is 0.0571 e. The first-order valence-electron chi connectivity index (χ1n) is 5.60. The van der Waals surface area contributed by atoms with Crippen molar-refractivity contribution in [2.24, 2.45) is 17.6 Å². The van der Waals surface area contributed by atoms with Gasteiger partial charge in [0.2, 0.25) is 0 Å². The molecule has 0 aromatic rings. The summed E-state index contributed by atoms with van der Waals surface area (Å²) in [6, 6.07) is 0. The van der Waals surface area contributed by atoms with Crippen LogP contribution in [0.4, 0.5) is 0 Å². The molecular weight excluding hydrogens is 174 g/mol. The molecule has 0 amide bonds. The Labute approximate surface area is 87.5 Å². The molecule has 0 bridgehead atoms. The zero-order chi connectivity index (χ0) is 10.6. The molecule has 82 valence electrons. The van der Waals surface area contributed by atoms with Gasteiger partial charge in [-0.2, -0.15) is 0 Å². The van der Waals surface area contributed by atoms with Crippen LogP contribution in [0.15, 0.2) is 12.3 Å². The molecule has 2 heteroatoms. The van der Waals surface area contributed by atoms with Gasteiger partial charge in [-0.15, -0.1) is 0 Å². The highest BCUT2D eigenvalue weighted by Crippen LogP contribution is 2.31. The molecule has 1 atom stereocenters. The number of nitrogens with two attached hydrogens (primary N) is 1. The minimum Gasteiger partial charge on any atom is -0.402 e. The molecule has 0 radical (unpaired) electrons. The van der Waals surface area contributed by atoms with Crippen LogP contribution in [0.2, 0.25) is 0 Å². The third kappa shape index (κ3) is 3.33.